The first-order valence-corrected chi connectivity index (χ1v) is 5.64. The molecule has 80 valence electrons. The Kier molecular flexibility index (Phi) is 2.08. The van der Waals surface area contributed by atoms with Crippen molar-refractivity contribution in [1.82, 2.24) is 0 Å². The van der Waals surface area contributed by atoms with Crippen molar-refractivity contribution in [1.29, 1.82) is 0 Å². The Bertz CT molecular complexity index is 408. The Morgan fingerprint density at radius 2 is 1.67 bits per heavy atom. The standard InChI is InChI=1S/C15H20/c1-6-11-7-8-12-13(9-11)15(4,5)10-14(12,2)3/h6-9H,1,10H2,2-5H3. The van der Waals surface area contributed by atoms with Crippen LogP contribution in [0, 0.1) is 0 Å². The van der Waals surface area contributed by atoms with Crippen LogP contribution in [0.3, 0.4) is 0 Å². The molecule has 0 fully saturated rings. The first-order chi connectivity index (χ1) is 6.87. The van der Waals surface area contributed by atoms with Crippen molar-refractivity contribution >= 4 is 6.08 Å². The van der Waals surface area contributed by atoms with E-state index in [1.54, 1.807) is 0 Å². The highest BCUT2D eigenvalue weighted by Gasteiger charge is 2.41. The van der Waals surface area contributed by atoms with E-state index < -0.39 is 0 Å². The maximum absolute atomic E-state index is 3.84. The molecular weight excluding hydrogens is 180 g/mol. The zero-order valence-corrected chi connectivity index (χ0v) is 10.2. The number of rotatable bonds is 1. The average Bonchev–Trinajstić information content (AvgIpc) is 2.32. The van der Waals surface area contributed by atoms with Crippen LogP contribution in [0.5, 0.6) is 0 Å². The molecule has 1 aliphatic rings. The second kappa shape index (κ2) is 2.98. The average molecular weight is 200 g/mol. The number of hydrogen-bond donors (Lipinski definition) is 0. The molecule has 0 nitrogen and oxygen atoms in total. The molecule has 1 aliphatic carbocycles. The quantitative estimate of drug-likeness (QED) is 0.634. The van der Waals surface area contributed by atoms with Crippen molar-refractivity contribution in [2.45, 2.75) is 44.9 Å². The molecule has 0 N–H and O–H groups in total. The van der Waals surface area contributed by atoms with Gasteiger partial charge in [-0.15, -0.1) is 0 Å². The lowest BCUT2D eigenvalue weighted by atomic mass is 9.82. The molecule has 0 saturated heterocycles. The van der Waals surface area contributed by atoms with Crippen molar-refractivity contribution in [2.75, 3.05) is 0 Å². The van der Waals surface area contributed by atoms with Crippen LogP contribution in [0.15, 0.2) is 24.8 Å². The summed E-state index contributed by atoms with van der Waals surface area (Å²) in [5.74, 6) is 0. The fourth-order valence-electron chi connectivity index (χ4n) is 3.13. The molecule has 1 aromatic rings. The summed E-state index contributed by atoms with van der Waals surface area (Å²) < 4.78 is 0. The molecule has 0 saturated carbocycles. The van der Waals surface area contributed by atoms with Crippen LogP contribution < -0.4 is 0 Å². The summed E-state index contributed by atoms with van der Waals surface area (Å²) >= 11 is 0. The van der Waals surface area contributed by atoms with E-state index >= 15 is 0 Å². The predicted molar refractivity (Wildman–Crippen MR) is 67.2 cm³/mol. The molecule has 15 heavy (non-hydrogen) atoms. The molecular formula is C15H20. The molecule has 0 heterocycles. The minimum Gasteiger partial charge on any atom is -0.0985 e. The Morgan fingerprint density at radius 3 is 2.27 bits per heavy atom. The molecule has 0 aromatic heterocycles. The van der Waals surface area contributed by atoms with Crippen LogP contribution in [-0.2, 0) is 10.8 Å². The van der Waals surface area contributed by atoms with Crippen molar-refractivity contribution in [2.24, 2.45) is 0 Å². The lowest BCUT2D eigenvalue weighted by Gasteiger charge is -2.22. The van der Waals surface area contributed by atoms with Crippen LogP contribution in [0.25, 0.3) is 6.08 Å². The Hall–Kier alpha value is -1.04. The van der Waals surface area contributed by atoms with Crippen LogP contribution in [-0.4, -0.2) is 0 Å². The number of benzene rings is 1. The minimum absolute atomic E-state index is 0.303. The fourth-order valence-corrected chi connectivity index (χ4v) is 3.13. The maximum atomic E-state index is 3.84. The van der Waals surface area contributed by atoms with Gasteiger partial charge in [-0.25, -0.2) is 0 Å². The van der Waals surface area contributed by atoms with Crippen molar-refractivity contribution in [3.63, 3.8) is 0 Å². The lowest BCUT2D eigenvalue weighted by molar-refractivity contribution is 0.403. The highest BCUT2D eigenvalue weighted by atomic mass is 14.4. The molecule has 0 amide bonds. The van der Waals surface area contributed by atoms with Gasteiger partial charge >= 0.3 is 0 Å². The SMILES string of the molecule is C=Cc1ccc2c(c1)C(C)(C)CC2(C)C. The van der Waals surface area contributed by atoms with Crippen LogP contribution in [0.4, 0.5) is 0 Å². The third-order valence-corrected chi connectivity index (χ3v) is 3.62. The van der Waals surface area contributed by atoms with Crippen molar-refractivity contribution in [3.05, 3.63) is 41.5 Å². The Labute approximate surface area is 93.0 Å². The molecule has 0 spiro atoms. The third-order valence-electron chi connectivity index (χ3n) is 3.62. The van der Waals surface area contributed by atoms with Gasteiger partial charge in [-0.1, -0.05) is 58.5 Å². The van der Waals surface area contributed by atoms with Gasteiger partial charge in [-0.2, -0.15) is 0 Å². The lowest BCUT2D eigenvalue weighted by Crippen LogP contribution is -2.17. The van der Waals surface area contributed by atoms with E-state index in [1.165, 1.54) is 23.1 Å². The zero-order valence-electron chi connectivity index (χ0n) is 10.2. The van der Waals surface area contributed by atoms with E-state index in [1.807, 2.05) is 6.08 Å². The predicted octanol–water partition coefficient (Wildman–Crippen LogP) is 4.29. The van der Waals surface area contributed by atoms with Gasteiger partial charge < -0.3 is 0 Å². The summed E-state index contributed by atoms with van der Waals surface area (Å²) in [5.41, 5.74) is 4.87. The van der Waals surface area contributed by atoms with E-state index in [2.05, 4.69) is 52.5 Å². The smallest absolute Gasteiger partial charge is 0.00921 e. The monoisotopic (exact) mass is 200 g/mol. The van der Waals surface area contributed by atoms with Gasteiger partial charge in [-0.05, 0) is 33.9 Å². The number of fused-ring (bicyclic) bond motifs is 1. The van der Waals surface area contributed by atoms with Gasteiger partial charge in [0.2, 0.25) is 0 Å². The topological polar surface area (TPSA) is 0 Å². The van der Waals surface area contributed by atoms with Gasteiger partial charge in [0, 0.05) is 0 Å². The van der Waals surface area contributed by atoms with E-state index in [-0.39, 0.29) is 0 Å². The number of hydrogen-bond acceptors (Lipinski definition) is 0. The van der Waals surface area contributed by atoms with Crippen LogP contribution >= 0.6 is 0 Å². The van der Waals surface area contributed by atoms with E-state index in [0.717, 1.165) is 0 Å². The molecule has 1 aromatic carbocycles. The third kappa shape index (κ3) is 1.52. The minimum atomic E-state index is 0.303. The highest BCUT2D eigenvalue weighted by molar-refractivity contribution is 5.55. The second-order valence-electron chi connectivity index (χ2n) is 5.95. The van der Waals surface area contributed by atoms with Gasteiger partial charge in [0.25, 0.3) is 0 Å². The van der Waals surface area contributed by atoms with E-state index in [9.17, 15) is 0 Å². The first kappa shape index (κ1) is 10.5. The summed E-state index contributed by atoms with van der Waals surface area (Å²) in [7, 11) is 0. The van der Waals surface area contributed by atoms with Gasteiger partial charge in [-0.3, -0.25) is 0 Å². The summed E-state index contributed by atoms with van der Waals surface area (Å²) in [4.78, 5) is 0. The normalized spacial score (nSPS) is 21.1. The highest BCUT2D eigenvalue weighted by Crippen LogP contribution is 2.49. The van der Waals surface area contributed by atoms with Crippen molar-refractivity contribution < 1.29 is 0 Å². The van der Waals surface area contributed by atoms with Crippen LogP contribution in [0.2, 0.25) is 0 Å². The molecule has 0 unspecified atom stereocenters. The molecule has 2 rings (SSSR count). The second-order valence-corrected chi connectivity index (χ2v) is 5.95. The summed E-state index contributed by atoms with van der Waals surface area (Å²) in [6.07, 6.45) is 3.16. The first-order valence-electron chi connectivity index (χ1n) is 5.64. The molecule has 0 aliphatic heterocycles. The maximum Gasteiger partial charge on any atom is -0.00921 e. The largest absolute Gasteiger partial charge is 0.0985 e. The molecule has 0 heteroatoms. The van der Waals surface area contributed by atoms with Crippen molar-refractivity contribution in [3.8, 4) is 0 Å². The fraction of sp³-hybridized carbons (Fsp3) is 0.467. The Balaban J connectivity index is 2.65. The van der Waals surface area contributed by atoms with Gasteiger partial charge in [0.15, 0.2) is 0 Å². The van der Waals surface area contributed by atoms with E-state index in [4.69, 9.17) is 0 Å². The van der Waals surface area contributed by atoms with Gasteiger partial charge in [0.05, 0.1) is 0 Å². The summed E-state index contributed by atoms with van der Waals surface area (Å²) in [6, 6.07) is 6.76. The molecule has 0 radical (unpaired) electrons. The van der Waals surface area contributed by atoms with Crippen LogP contribution in [0.1, 0.15) is 50.8 Å². The van der Waals surface area contributed by atoms with E-state index in [0.29, 0.717) is 10.8 Å². The summed E-state index contributed by atoms with van der Waals surface area (Å²) in [6.45, 7) is 13.2. The zero-order chi connectivity index (χ0) is 11.3. The van der Waals surface area contributed by atoms with Gasteiger partial charge in [0.1, 0.15) is 0 Å². The summed E-state index contributed by atoms with van der Waals surface area (Å²) in [5, 5.41) is 0. The Morgan fingerprint density at radius 1 is 1.07 bits per heavy atom. The molecule has 0 bridgehead atoms. The molecule has 0 atom stereocenters.